The number of hydrogen-bond acceptors (Lipinski definition) is 5. The topological polar surface area (TPSA) is 96.0 Å². The Balaban J connectivity index is 2.13. The average Bonchev–Trinajstić information content (AvgIpc) is 2.95. The van der Waals surface area contributed by atoms with Gasteiger partial charge in [-0.25, -0.2) is 8.42 Å². The first-order chi connectivity index (χ1) is 19.5. The molecule has 0 aliphatic carbocycles. The van der Waals surface area contributed by atoms with Crippen LogP contribution in [-0.4, -0.2) is 51.4 Å². The van der Waals surface area contributed by atoms with Gasteiger partial charge in [0, 0.05) is 18.1 Å². The van der Waals surface area contributed by atoms with Crippen molar-refractivity contribution in [3.63, 3.8) is 0 Å². The summed E-state index contributed by atoms with van der Waals surface area (Å²) < 4.78 is 34.8. The van der Waals surface area contributed by atoms with E-state index < -0.39 is 28.5 Å². The second-order valence-electron chi connectivity index (χ2n) is 9.83. The molecule has 3 rings (SSSR count). The van der Waals surface area contributed by atoms with Crippen LogP contribution in [-0.2, 0) is 26.2 Å². The van der Waals surface area contributed by atoms with Gasteiger partial charge in [-0.3, -0.25) is 13.9 Å². The Hall–Kier alpha value is -3.56. The predicted octanol–water partition coefficient (Wildman–Crippen LogP) is 5.49. The van der Waals surface area contributed by atoms with Crippen molar-refractivity contribution in [3.8, 4) is 5.75 Å². The second kappa shape index (κ2) is 14.4. The van der Waals surface area contributed by atoms with Crippen LogP contribution < -0.4 is 14.4 Å². The summed E-state index contributed by atoms with van der Waals surface area (Å²) in [4.78, 5) is 28.9. The third-order valence-corrected chi connectivity index (χ3v) is 8.87. The van der Waals surface area contributed by atoms with Crippen LogP contribution >= 0.6 is 11.6 Å². The summed E-state index contributed by atoms with van der Waals surface area (Å²) in [6, 6.07) is 17.8. The van der Waals surface area contributed by atoms with Gasteiger partial charge >= 0.3 is 0 Å². The number of aryl methyl sites for hydroxylation is 2. The van der Waals surface area contributed by atoms with Crippen LogP contribution in [0.3, 0.4) is 0 Å². The Labute approximate surface area is 248 Å². The maximum absolute atomic E-state index is 14.2. The lowest BCUT2D eigenvalue weighted by Crippen LogP contribution is -2.52. The minimum absolute atomic E-state index is 0.0277. The first kappa shape index (κ1) is 32.0. The highest BCUT2D eigenvalue weighted by Crippen LogP contribution is 2.34. The molecule has 1 unspecified atom stereocenters. The number of carbonyl (C=O) groups is 2. The highest BCUT2D eigenvalue weighted by molar-refractivity contribution is 7.92. The van der Waals surface area contributed by atoms with Gasteiger partial charge in [0.1, 0.15) is 18.3 Å². The van der Waals surface area contributed by atoms with Gasteiger partial charge in [0.2, 0.25) is 11.8 Å². The normalized spacial score (nSPS) is 12.0. The number of hydrogen-bond donors (Lipinski definition) is 1. The standard InChI is InChI=1S/C31H38ClN3O5S/c1-6-18-33-31(37)27(7-2)34(20-24-10-8-9-11-26(24)32)30(36)21-35(28-19-23(4)14-17-29(28)40-5)41(38,39)25-15-12-22(3)13-16-25/h8-17,19,27H,6-7,18,20-21H2,1-5H3,(H,33,37). The summed E-state index contributed by atoms with van der Waals surface area (Å²) in [5.74, 6) is -0.567. The highest BCUT2D eigenvalue weighted by atomic mass is 35.5. The summed E-state index contributed by atoms with van der Waals surface area (Å²) in [6.45, 7) is 7.37. The van der Waals surface area contributed by atoms with E-state index in [-0.39, 0.29) is 23.0 Å². The number of ether oxygens (including phenoxy) is 1. The Kier molecular flexibility index (Phi) is 11.2. The molecule has 1 N–H and O–H groups in total. The monoisotopic (exact) mass is 599 g/mol. The van der Waals surface area contributed by atoms with Crippen molar-refractivity contribution in [2.24, 2.45) is 0 Å². The van der Waals surface area contributed by atoms with E-state index in [0.717, 1.165) is 21.9 Å². The lowest BCUT2D eigenvalue weighted by atomic mass is 10.1. The highest BCUT2D eigenvalue weighted by Gasteiger charge is 2.35. The molecular formula is C31H38ClN3O5S. The molecule has 10 heteroatoms. The molecule has 2 amide bonds. The molecule has 0 heterocycles. The molecule has 0 saturated heterocycles. The molecule has 220 valence electrons. The first-order valence-corrected chi connectivity index (χ1v) is 15.4. The Bertz CT molecular complexity index is 1460. The lowest BCUT2D eigenvalue weighted by Gasteiger charge is -2.33. The number of nitrogens with zero attached hydrogens (tertiary/aromatic N) is 2. The Morgan fingerprint density at radius 1 is 0.976 bits per heavy atom. The molecule has 8 nitrogen and oxygen atoms in total. The molecule has 3 aromatic rings. The summed E-state index contributed by atoms with van der Waals surface area (Å²) in [5, 5.41) is 3.32. The zero-order chi connectivity index (χ0) is 30.2. The lowest BCUT2D eigenvalue weighted by molar-refractivity contribution is -0.140. The quantitative estimate of drug-likeness (QED) is 0.280. The molecule has 0 spiro atoms. The van der Waals surface area contributed by atoms with Crippen LogP contribution in [0.5, 0.6) is 5.75 Å². The van der Waals surface area contributed by atoms with Crippen molar-refractivity contribution in [1.82, 2.24) is 10.2 Å². The van der Waals surface area contributed by atoms with Crippen molar-refractivity contribution in [2.75, 3.05) is 24.5 Å². The van der Waals surface area contributed by atoms with Gasteiger partial charge in [0.15, 0.2) is 0 Å². The molecular weight excluding hydrogens is 562 g/mol. The van der Waals surface area contributed by atoms with E-state index >= 15 is 0 Å². The van der Waals surface area contributed by atoms with Crippen LogP contribution in [0.25, 0.3) is 0 Å². The van der Waals surface area contributed by atoms with E-state index in [4.69, 9.17) is 16.3 Å². The molecule has 3 aromatic carbocycles. The average molecular weight is 600 g/mol. The first-order valence-electron chi connectivity index (χ1n) is 13.6. The SMILES string of the molecule is CCCNC(=O)C(CC)N(Cc1ccccc1Cl)C(=O)CN(c1cc(C)ccc1OC)S(=O)(=O)c1ccc(C)cc1. The maximum atomic E-state index is 14.2. The fourth-order valence-electron chi connectivity index (χ4n) is 4.44. The van der Waals surface area contributed by atoms with Crippen LogP contribution in [0.15, 0.2) is 71.6 Å². The summed E-state index contributed by atoms with van der Waals surface area (Å²) in [7, 11) is -2.77. The third kappa shape index (κ3) is 7.80. The number of halogens is 1. The van der Waals surface area contributed by atoms with Gasteiger partial charge in [0.05, 0.1) is 17.7 Å². The number of amides is 2. The van der Waals surface area contributed by atoms with Crippen molar-refractivity contribution >= 4 is 39.1 Å². The van der Waals surface area contributed by atoms with E-state index in [9.17, 15) is 18.0 Å². The van der Waals surface area contributed by atoms with Crippen LogP contribution in [0.2, 0.25) is 5.02 Å². The third-order valence-electron chi connectivity index (χ3n) is 6.72. The number of methoxy groups -OCH3 is 1. The van der Waals surface area contributed by atoms with E-state index in [1.807, 2.05) is 27.7 Å². The molecule has 41 heavy (non-hydrogen) atoms. The summed E-state index contributed by atoms with van der Waals surface area (Å²) >= 11 is 6.45. The fraction of sp³-hybridized carbons (Fsp3) is 0.355. The zero-order valence-corrected chi connectivity index (χ0v) is 25.8. The van der Waals surface area contributed by atoms with E-state index in [1.54, 1.807) is 54.6 Å². The molecule has 0 fully saturated rings. The van der Waals surface area contributed by atoms with Crippen LogP contribution in [0, 0.1) is 13.8 Å². The summed E-state index contributed by atoms with van der Waals surface area (Å²) in [6.07, 6.45) is 1.06. The van der Waals surface area contributed by atoms with E-state index in [2.05, 4.69) is 5.32 Å². The predicted molar refractivity (Wildman–Crippen MR) is 163 cm³/mol. The molecule has 0 aliphatic rings. The second-order valence-corrected chi connectivity index (χ2v) is 12.1. The Morgan fingerprint density at radius 2 is 1.63 bits per heavy atom. The number of anilines is 1. The number of nitrogens with one attached hydrogen (secondary N) is 1. The minimum atomic E-state index is -4.22. The van der Waals surface area contributed by atoms with Crippen LogP contribution in [0.4, 0.5) is 5.69 Å². The van der Waals surface area contributed by atoms with Crippen molar-refractivity contribution in [2.45, 2.75) is 58.0 Å². The van der Waals surface area contributed by atoms with Gasteiger partial charge in [-0.1, -0.05) is 67.4 Å². The van der Waals surface area contributed by atoms with Gasteiger partial charge in [-0.15, -0.1) is 0 Å². The van der Waals surface area contributed by atoms with E-state index in [1.165, 1.54) is 24.1 Å². The fourth-order valence-corrected chi connectivity index (χ4v) is 6.05. The Morgan fingerprint density at radius 3 is 2.24 bits per heavy atom. The van der Waals surface area contributed by atoms with Crippen LogP contribution in [0.1, 0.15) is 43.4 Å². The summed E-state index contributed by atoms with van der Waals surface area (Å²) in [5.41, 5.74) is 2.55. The smallest absolute Gasteiger partial charge is 0.264 e. The van der Waals surface area contributed by atoms with Crippen molar-refractivity contribution in [1.29, 1.82) is 0 Å². The molecule has 0 saturated carbocycles. The molecule has 0 bridgehead atoms. The number of rotatable bonds is 13. The van der Waals surface area contributed by atoms with Gasteiger partial charge in [0.25, 0.3) is 10.0 Å². The van der Waals surface area contributed by atoms with Gasteiger partial charge in [-0.05, 0) is 68.1 Å². The van der Waals surface area contributed by atoms with Gasteiger partial charge < -0.3 is 15.0 Å². The molecule has 1 atom stereocenters. The zero-order valence-electron chi connectivity index (χ0n) is 24.2. The van der Waals surface area contributed by atoms with E-state index in [0.29, 0.717) is 29.3 Å². The maximum Gasteiger partial charge on any atom is 0.264 e. The largest absolute Gasteiger partial charge is 0.495 e. The number of sulfonamides is 1. The van der Waals surface area contributed by atoms with Crippen molar-refractivity contribution < 1.29 is 22.7 Å². The molecule has 0 aromatic heterocycles. The molecule has 0 aliphatic heterocycles. The van der Waals surface area contributed by atoms with Crippen molar-refractivity contribution in [3.05, 3.63) is 88.4 Å². The minimum Gasteiger partial charge on any atom is -0.495 e. The number of carbonyl (C=O) groups excluding carboxylic acids is 2. The van der Waals surface area contributed by atoms with Gasteiger partial charge in [-0.2, -0.15) is 0 Å². The number of benzene rings is 3. The molecule has 0 radical (unpaired) electrons.